The summed E-state index contributed by atoms with van der Waals surface area (Å²) in [5, 5.41) is 23.1. The second-order valence-electron chi connectivity index (χ2n) is 19.7. The monoisotopic (exact) mass is 862 g/mol. The molecule has 5 aliphatic heterocycles. The van der Waals surface area contributed by atoms with Crippen molar-refractivity contribution in [3.05, 3.63) is 24.8 Å². The van der Waals surface area contributed by atoms with Crippen LogP contribution in [0.5, 0.6) is 0 Å². The van der Waals surface area contributed by atoms with Gasteiger partial charge < -0.3 is 48.3 Å². The number of Topliss-reactive ketones (excluding diaryl/α,β-unsaturated/α-hetero) is 1. The molecule has 0 radical (unpaired) electrons. The maximum atomic E-state index is 14.7. The highest BCUT2D eigenvalue weighted by Crippen LogP contribution is 2.54. The average molecular weight is 862 g/mol. The lowest BCUT2D eigenvalue weighted by atomic mass is 9.72. The van der Waals surface area contributed by atoms with Gasteiger partial charge in [0.15, 0.2) is 11.9 Å². The molecule has 348 valence electrons. The first-order valence-corrected chi connectivity index (χ1v) is 23.3. The van der Waals surface area contributed by atoms with Crippen LogP contribution in [0.3, 0.4) is 0 Å². The number of hydrogen-bond acceptors (Lipinski definition) is 12. The third kappa shape index (κ3) is 9.98. The van der Waals surface area contributed by atoms with Gasteiger partial charge in [-0.1, -0.05) is 68.0 Å². The van der Waals surface area contributed by atoms with Gasteiger partial charge in [0.25, 0.3) is 0 Å². The molecule has 1 amide bonds. The fourth-order valence-corrected chi connectivity index (χ4v) is 11.1. The molecule has 0 saturated carbocycles. The van der Waals surface area contributed by atoms with Crippen LogP contribution < -0.4 is 0 Å². The Hall–Kier alpha value is -2.39. The molecule has 5 heterocycles. The third-order valence-corrected chi connectivity index (χ3v) is 15.3. The van der Waals surface area contributed by atoms with E-state index in [0.717, 1.165) is 6.42 Å². The molecule has 13 nitrogen and oxygen atoms in total. The lowest BCUT2D eigenvalue weighted by Crippen LogP contribution is -2.63. The zero-order valence-electron chi connectivity index (χ0n) is 39.2. The Balaban J connectivity index is 1.37. The molecule has 0 aromatic carbocycles. The lowest BCUT2D eigenvalue weighted by Gasteiger charge is -2.54. The molecule has 0 aliphatic carbocycles. The largest absolute Gasteiger partial charge is 0.461 e. The first-order chi connectivity index (χ1) is 28.6. The lowest BCUT2D eigenvalue weighted by molar-refractivity contribution is -0.408. The summed E-state index contributed by atoms with van der Waals surface area (Å²) >= 11 is 0. The molecule has 0 unspecified atom stereocenters. The number of carbonyl (C=O) groups excluding carboxylic acids is 3. The Morgan fingerprint density at radius 3 is 2.23 bits per heavy atom. The molecule has 61 heavy (non-hydrogen) atoms. The Morgan fingerprint density at radius 1 is 0.934 bits per heavy atom. The molecule has 0 bridgehead atoms. The summed E-state index contributed by atoms with van der Waals surface area (Å²) in [7, 11) is 3.25. The number of esters is 1. The quantitative estimate of drug-likeness (QED) is 0.123. The molecular weight excluding hydrogens is 783 g/mol. The van der Waals surface area contributed by atoms with E-state index in [-0.39, 0.29) is 60.3 Å². The van der Waals surface area contributed by atoms with Gasteiger partial charge >= 0.3 is 12.1 Å². The number of ether oxygens (including phenoxy) is 7. The summed E-state index contributed by atoms with van der Waals surface area (Å²) in [5.74, 6) is -5.29. The molecule has 4 fully saturated rings. The van der Waals surface area contributed by atoms with Crippen LogP contribution in [-0.4, -0.2) is 119 Å². The summed E-state index contributed by atoms with van der Waals surface area (Å²) in [6.45, 7) is 23.6. The van der Waals surface area contributed by atoms with Gasteiger partial charge in [-0.15, -0.1) is 0 Å². The van der Waals surface area contributed by atoms with Crippen molar-refractivity contribution in [2.24, 2.45) is 41.4 Å². The van der Waals surface area contributed by atoms with Crippen LogP contribution in [0.15, 0.2) is 24.8 Å². The van der Waals surface area contributed by atoms with Gasteiger partial charge in [0.1, 0.15) is 12.4 Å². The van der Waals surface area contributed by atoms with E-state index in [1.165, 1.54) is 4.90 Å². The van der Waals surface area contributed by atoms with Crippen molar-refractivity contribution >= 4 is 17.8 Å². The first-order valence-electron chi connectivity index (χ1n) is 23.3. The van der Waals surface area contributed by atoms with E-state index in [2.05, 4.69) is 27.4 Å². The van der Waals surface area contributed by atoms with E-state index in [4.69, 9.17) is 33.2 Å². The zero-order valence-corrected chi connectivity index (χ0v) is 39.2. The van der Waals surface area contributed by atoms with Gasteiger partial charge in [0.05, 0.1) is 53.7 Å². The number of aliphatic hydroxyl groups excluding tert-OH is 1. The van der Waals surface area contributed by atoms with Crippen LogP contribution in [0, 0.1) is 41.4 Å². The molecule has 13 heteroatoms. The summed E-state index contributed by atoms with van der Waals surface area (Å²) in [6, 6.07) is 0. The van der Waals surface area contributed by atoms with E-state index in [9.17, 15) is 24.6 Å². The summed E-state index contributed by atoms with van der Waals surface area (Å²) < 4.78 is 45.9. The number of aliphatic hydroxyl groups is 2. The number of carbonyl (C=O) groups is 3. The number of hydrogen-bond donors (Lipinski definition) is 2. The Bertz CT molecular complexity index is 1570. The van der Waals surface area contributed by atoms with Gasteiger partial charge in [-0.25, -0.2) is 4.79 Å². The summed E-state index contributed by atoms with van der Waals surface area (Å²) in [6.07, 6.45) is 6.74. The van der Waals surface area contributed by atoms with Crippen LogP contribution in [0.2, 0.25) is 0 Å². The molecule has 5 rings (SSSR count). The van der Waals surface area contributed by atoms with Crippen molar-refractivity contribution in [2.45, 2.75) is 199 Å². The van der Waals surface area contributed by atoms with Crippen molar-refractivity contribution in [1.29, 1.82) is 0 Å². The maximum Gasteiger partial charge on any atom is 0.410 e. The molecule has 18 atom stereocenters. The van der Waals surface area contributed by atoms with Gasteiger partial charge in [0.2, 0.25) is 5.79 Å². The van der Waals surface area contributed by atoms with Crippen LogP contribution in [0.1, 0.15) is 133 Å². The molecule has 4 saturated heterocycles. The van der Waals surface area contributed by atoms with Gasteiger partial charge in [-0.3, -0.25) is 9.59 Å². The minimum Gasteiger partial charge on any atom is -0.461 e. The minimum atomic E-state index is -1.42. The molecule has 5 aliphatic rings. The topological polar surface area (TPSA) is 160 Å². The van der Waals surface area contributed by atoms with Crippen molar-refractivity contribution in [3.8, 4) is 0 Å². The maximum absolute atomic E-state index is 14.7. The van der Waals surface area contributed by atoms with E-state index in [1.54, 1.807) is 27.1 Å². The predicted octanol–water partition coefficient (Wildman–Crippen LogP) is 7.54. The second-order valence-corrected chi connectivity index (χ2v) is 19.7. The van der Waals surface area contributed by atoms with Crippen molar-refractivity contribution in [2.75, 3.05) is 20.7 Å². The fraction of sp³-hybridized carbons (Fsp3) is 0.854. The number of amides is 1. The molecule has 0 aromatic heterocycles. The number of ketones is 1. The van der Waals surface area contributed by atoms with Crippen LogP contribution in [-0.2, 0) is 42.7 Å². The average Bonchev–Trinajstić information content (AvgIpc) is 3.57. The highest BCUT2D eigenvalue weighted by atomic mass is 16.8. The molecule has 2 N–H and O–H groups in total. The van der Waals surface area contributed by atoms with E-state index < -0.39 is 71.0 Å². The van der Waals surface area contributed by atoms with Crippen LogP contribution in [0.4, 0.5) is 4.79 Å². The highest BCUT2D eigenvalue weighted by Gasteiger charge is 2.64. The normalized spacial score (nSPS) is 41.4. The predicted molar refractivity (Wildman–Crippen MR) is 230 cm³/mol. The van der Waals surface area contributed by atoms with Gasteiger partial charge in [-0.2, -0.15) is 0 Å². The Labute approximate surface area is 365 Å². The molecule has 0 aromatic rings. The standard InChI is InChI=1S/C48H79NO12/c1-14-26-55-43(52)34(15-2)36-19-18-28(5)41(57-36)32(9)39(50)31(8)40(51)35(16-3)42-29(6)27-30(7)47(59-42)23-21-38(58-44(53)49(12)13)48(61-47)25-24-45(11,60-48)37-20-22-46(54,17-4)33(10)56-37/h14,21,23,28-39,41-42,50,54H,1,15-20,22,24-27H2,2-13H3/t28-,29-,30+,31-,32-,33-,34+,35-,36+,37+,38+,39+,41+,42-,45-,46+,47-,48-/m0/s1. The fourth-order valence-electron chi connectivity index (χ4n) is 11.1. The van der Waals surface area contributed by atoms with Crippen LogP contribution in [0.25, 0.3) is 0 Å². The first kappa shape index (κ1) is 49.6. The summed E-state index contributed by atoms with van der Waals surface area (Å²) in [4.78, 5) is 42.1. The second kappa shape index (κ2) is 19.8. The Morgan fingerprint density at radius 2 is 1.62 bits per heavy atom. The smallest absolute Gasteiger partial charge is 0.410 e. The van der Waals surface area contributed by atoms with Crippen molar-refractivity contribution in [1.82, 2.24) is 4.90 Å². The van der Waals surface area contributed by atoms with Crippen molar-refractivity contribution in [3.63, 3.8) is 0 Å². The Kier molecular flexibility index (Phi) is 16.1. The SMILES string of the molecule is C=CCOC(=O)[C@H](CC)[C@H]1CC[C@H](C)[C@H]([C@@H](C)[C@H](O)[C@H](C)C(=O)[C@H](CC)[C@H]2O[C@]3(C=C[C@@H](OC(=O)N(C)C)[C@]4(CC[C@@](C)([C@H]5CC[C@](O)(CC)[C@H](C)O5)O4)O3)[C@H](C)C[C@@H]2C)O1. The van der Waals surface area contributed by atoms with E-state index in [1.807, 2.05) is 53.7 Å². The van der Waals surface area contributed by atoms with E-state index >= 15 is 0 Å². The minimum absolute atomic E-state index is 0.0213. The highest BCUT2D eigenvalue weighted by molar-refractivity contribution is 5.84. The van der Waals surface area contributed by atoms with Crippen LogP contribution >= 0.6 is 0 Å². The van der Waals surface area contributed by atoms with Gasteiger partial charge in [0, 0.05) is 44.2 Å². The number of nitrogens with zero attached hydrogens (tertiary/aromatic N) is 1. The zero-order chi connectivity index (χ0) is 45.2. The third-order valence-electron chi connectivity index (χ3n) is 15.3. The number of rotatable bonds is 15. The molecule has 2 spiro atoms. The van der Waals surface area contributed by atoms with Gasteiger partial charge in [-0.05, 0) is 95.6 Å². The summed E-state index contributed by atoms with van der Waals surface area (Å²) in [5.41, 5.74) is -1.73. The van der Waals surface area contributed by atoms with E-state index in [0.29, 0.717) is 57.8 Å². The molecular formula is C48H79NO12. The van der Waals surface area contributed by atoms with Crippen molar-refractivity contribution < 1.29 is 57.8 Å².